The molecule has 0 heterocycles. The van der Waals surface area contributed by atoms with E-state index in [9.17, 15) is 5.11 Å². The van der Waals surface area contributed by atoms with E-state index in [1.807, 2.05) is 12.1 Å². The second-order valence-electron chi connectivity index (χ2n) is 6.68. The van der Waals surface area contributed by atoms with Crippen molar-refractivity contribution in [3.63, 3.8) is 0 Å². The van der Waals surface area contributed by atoms with Gasteiger partial charge in [-0.25, -0.2) is 0 Å². The van der Waals surface area contributed by atoms with E-state index < -0.39 is 0 Å². The van der Waals surface area contributed by atoms with E-state index in [4.69, 9.17) is 5.73 Å². The van der Waals surface area contributed by atoms with Gasteiger partial charge in [-0.3, -0.25) is 4.90 Å². The van der Waals surface area contributed by atoms with Gasteiger partial charge in [0, 0.05) is 31.1 Å². The molecule has 3 aromatic carbocycles. The molecule has 0 aromatic heterocycles. The molecule has 0 fully saturated rings. The Bertz CT molecular complexity index is 798. The number of benzene rings is 3. The molecule has 0 atom stereocenters. The molecule has 0 aliphatic carbocycles. The Labute approximate surface area is 165 Å². The molecule has 4 heteroatoms. The van der Waals surface area contributed by atoms with E-state index in [2.05, 4.69) is 65.8 Å². The number of nitrogens with zero attached hydrogens (tertiary/aromatic N) is 1. The summed E-state index contributed by atoms with van der Waals surface area (Å²) < 4.78 is 0. The number of phenolic OH excluding ortho intramolecular Hbond substituents is 1. The van der Waals surface area contributed by atoms with E-state index in [-0.39, 0.29) is 0 Å². The van der Waals surface area contributed by atoms with Crippen molar-refractivity contribution in [3.8, 4) is 5.75 Å². The van der Waals surface area contributed by atoms with Crippen LogP contribution in [0.25, 0.3) is 0 Å². The maximum atomic E-state index is 9.79. The van der Waals surface area contributed by atoms with E-state index in [1.54, 1.807) is 17.8 Å². The molecule has 140 valence electrons. The third kappa shape index (κ3) is 5.86. The van der Waals surface area contributed by atoms with Crippen LogP contribution in [0.15, 0.2) is 77.7 Å². The van der Waals surface area contributed by atoms with Crippen molar-refractivity contribution >= 4 is 11.8 Å². The molecule has 0 spiro atoms. The second kappa shape index (κ2) is 9.60. The summed E-state index contributed by atoms with van der Waals surface area (Å²) in [6.45, 7) is 3.03. The molecule has 3 N–H and O–H groups in total. The summed E-state index contributed by atoms with van der Waals surface area (Å²) in [5.41, 5.74) is 10.5. The lowest BCUT2D eigenvalue weighted by Crippen LogP contribution is -2.22. The predicted octanol–water partition coefficient (Wildman–Crippen LogP) is 4.78. The van der Waals surface area contributed by atoms with Crippen molar-refractivity contribution in [2.24, 2.45) is 5.73 Å². The van der Waals surface area contributed by atoms with Gasteiger partial charge in [0.15, 0.2) is 0 Å². The fourth-order valence-electron chi connectivity index (χ4n) is 3.11. The Balaban J connectivity index is 1.77. The summed E-state index contributed by atoms with van der Waals surface area (Å²) in [7, 11) is 0. The number of hydrogen-bond donors (Lipinski definition) is 2. The lowest BCUT2D eigenvalue weighted by atomic mass is 10.1. The number of nitrogens with two attached hydrogens (primary N) is 1. The van der Waals surface area contributed by atoms with Crippen molar-refractivity contribution in [1.29, 1.82) is 0 Å². The lowest BCUT2D eigenvalue weighted by Gasteiger charge is -2.23. The van der Waals surface area contributed by atoms with Crippen molar-refractivity contribution in [3.05, 3.63) is 95.1 Å². The Hall–Kier alpha value is -2.27. The van der Waals surface area contributed by atoms with E-state index in [0.29, 0.717) is 12.3 Å². The van der Waals surface area contributed by atoms with Crippen LogP contribution in [0.1, 0.15) is 22.3 Å². The molecule has 0 aliphatic heterocycles. The Morgan fingerprint density at radius 1 is 0.778 bits per heavy atom. The molecule has 0 saturated heterocycles. The van der Waals surface area contributed by atoms with Crippen LogP contribution in [0, 0.1) is 0 Å². The first-order valence-electron chi connectivity index (χ1n) is 9.07. The van der Waals surface area contributed by atoms with Gasteiger partial charge in [0.05, 0.1) is 0 Å². The number of aromatic hydroxyl groups is 1. The van der Waals surface area contributed by atoms with Crippen molar-refractivity contribution in [2.45, 2.75) is 31.1 Å². The molecule has 0 aliphatic rings. The number of rotatable bonds is 8. The number of thioether (sulfide) groups is 1. The lowest BCUT2D eigenvalue weighted by molar-refractivity contribution is 0.247. The molecule has 0 amide bonds. The summed E-state index contributed by atoms with van der Waals surface area (Å²) in [5.74, 6) is 0.309. The van der Waals surface area contributed by atoms with Crippen LogP contribution >= 0.6 is 11.8 Å². The fraction of sp³-hybridized carbons (Fsp3) is 0.217. The molecule has 3 nitrogen and oxygen atoms in total. The summed E-state index contributed by atoms with van der Waals surface area (Å²) >= 11 is 1.76. The van der Waals surface area contributed by atoms with Gasteiger partial charge in [-0.15, -0.1) is 11.8 Å². The minimum atomic E-state index is 0.309. The van der Waals surface area contributed by atoms with Crippen molar-refractivity contribution < 1.29 is 5.11 Å². The standard InChI is InChI=1S/C23H26N2OS/c1-27-23-11-9-20(10-12-23)16-25(17-21-3-2-4-22(26)13-21)15-19-7-5-18(14-24)6-8-19/h2-13,26H,14-17,24H2,1H3. The Morgan fingerprint density at radius 2 is 1.33 bits per heavy atom. The van der Waals surface area contributed by atoms with Gasteiger partial charge in [-0.2, -0.15) is 0 Å². The maximum Gasteiger partial charge on any atom is 0.115 e. The molecule has 0 saturated carbocycles. The van der Waals surface area contributed by atoms with Gasteiger partial charge in [0.25, 0.3) is 0 Å². The zero-order valence-electron chi connectivity index (χ0n) is 15.6. The minimum absolute atomic E-state index is 0.309. The van der Waals surface area contributed by atoms with Gasteiger partial charge in [0.2, 0.25) is 0 Å². The highest BCUT2D eigenvalue weighted by atomic mass is 32.2. The molecule has 0 radical (unpaired) electrons. The first-order chi connectivity index (χ1) is 13.2. The number of phenols is 1. The zero-order valence-corrected chi connectivity index (χ0v) is 16.5. The van der Waals surface area contributed by atoms with Gasteiger partial charge in [0.1, 0.15) is 5.75 Å². The maximum absolute atomic E-state index is 9.79. The van der Waals surface area contributed by atoms with Gasteiger partial charge < -0.3 is 10.8 Å². The highest BCUT2D eigenvalue weighted by Crippen LogP contribution is 2.20. The van der Waals surface area contributed by atoms with Crippen molar-refractivity contribution in [1.82, 2.24) is 4.90 Å². The van der Waals surface area contributed by atoms with Crippen LogP contribution in [0.3, 0.4) is 0 Å². The van der Waals surface area contributed by atoms with Gasteiger partial charge in [-0.1, -0.05) is 48.5 Å². The highest BCUT2D eigenvalue weighted by Gasteiger charge is 2.09. The van der Waals surface area contributed by atoms with Crippen LogP contribution in [-0.4, -0.2) is 16.3 Å². The SMILES string of the molecule is CSc1ccc(CN(Cc2ccc(CN)cc2)Cc2cccc(O)c2)cc1. The number of hydrogen-bond acceptors (Lipinski definition) is 4. The summed E-state index contributed by atoms with van der Waals surface area (Å²) in [5, 5.41) is 9.79. The summed E-state index contributed by atoms with van der Waals surface area (Å²) in [6, 6.07) is 24.7. The van der Waals surface area contributed by atoms with Crippen molar-refractivity contribution in [2.75, 3.05) is 6.26 Å². The quantitative estimate of drug-likeness (QED) is 0.554. The van der Waals surface area contributed by atoms with Crippen LogP contribution in [0.5, 0.6) is 5.75 Å². The topological polar surface area (TPSA) is 49.5 Å². The van der Waals surface area contributed by atoms with Crippen LogP contribution in [-0.2, 0) is 26.2 Å². The second-order valence-corrected chi connectivity index (χ2v) is 7.56. The Kier molecular flexibility index (Phi) is 6.93. The molecule has 3 rings (SSSR count). The highest BCUT2D eigenvalue weighted by molar-refractivity contribution is 7.98. The van der Waals surface area contributed by atoms with E-state index >= 15 is 0 Å². The minimum Gasteiger partial charge on any atom is -0.508 e. The summed E-state index contributed by atoms with van der Waals surface area (Å²) in [6.07, 6.45) is 2.09. The zero-order chi connectivity index (χ0) is 19.1. The summed E-state index contributed by atoms with van der Waals surface area (Å²) in [4.78, 5) is 3.66. The third-order valence-corrected chi connectivity index (χ3v) is 5.29. The normalized spacial score (nSPS) is 11.1. The van der Waals surface area contributed by atoms with Gasteiger partial charge >= 0.3 is 0 Å². The molecular weight excluding hydrogens is 352 g/mol. The van der Waals surface area contributed by atoms with E-state index in [1.165, 1.54) is 16.0 Å². The third-order valence-electron chi connectivity index (χ3n) is 4.55. The Morgan fingerprint density at radius 3 is 1.89 bits per heavy atom. The van der Waals surface area contributed by atoms with E-state index in [0.717, 1.165) is 30.8 Å². The average molecular weight is 379 g/mol. The molecular formula is C23H26N2OS. The largest absolute Gasteiger partial charge is 0.508 e. The fourth-order valence-corrected chi connectivity index (χ4v) is 3.52. The van der Waals surface area contributed by atoms with Crippen LogP contribution in [0.4, 0.5) is 0 Å². The molecule has 3 aromatic rings. The monoisotopic (exact) mass is 378 g/mol. The average Bonchev–Trinajstić information content (AvgIpc) is 2.69. The molecule has 0 unspecified atom stereocenters. The predicted molar refractivity (Wildman–Crippen MR) is 114 cm³/mol. The van der Waals surface area contributed by atoms with Gasteiger partial charge in [-0.05, 0) is 52.8 Å². The van der Waals surface area contributed by atoms with Crippen LogP contribution in [0.2, 0.25) is 0 Å². The smallest absolute Gasteiger partial charge is 0.115 e. The molecule has 0 bridgehead atoms. The molecule has 27 heavy (non-hydrogen) atoms. The van der Waals surface area contributed by atoms with Crippen LogP contribution < -0.4 is 5.73 Å². The first-order valence-corrected chi connectivity index (χ1v) is 10.3. The first kappa shape index (κ1) is 19.5.